The molecule has 126 valence electrons. The summed E-state index contributed by atoms with van der Waals surface area (Å²) in [4.78, 5) is 26.0. The quantitative estimate of drug-likeness (QED) is 0.877. The Hall–Kier alpha value is -2.04. The fourth-order valence-electron chi connectivity index (χ4n) is 2.88. The van der Waals surface area contributed by atoms with Crippen LogP contribution >= 0.6 is 0 Å². The van der Waals surface area contributed by atoms with Crippen molar-refractivity contribution in [2.75, 3.05) is 20.2 Å². The van der Waals surface area contributed by atoms with Gasteiger partial charge in [0.2, 0.25) is 11.8 Å². The molecule has 5 heteroatoms. The summed E-state index contributed by atoms with van der Waals surface area (Å²) in [7, 11) is 1.63. The first-order valence-corrected chi connectivity index (χ1v) is 8.35. The number of nitrogens with one attached hydrogen (secondary N) is 1. The van der Waals surface area contributed by atoms with Crippen molar-refractivity contribution in [3.63, 3.8) is 0 Å². The lowest BCUT2D eigenvalue weighted by Crippen LogP contribution is -2.41. The van der Waals surface area contributed by atoms with Crippen LogP contribution in [0.2, 0.25) is 0 Å². The molecule has 1 aliphatic heterocycles. The van der Waals surface area contributed by atoms with Gasteiger partial charge >= 0.3 is 0 Å². The second kappa shape index (κ2) is 8.56. The maximum absolute atomic E-state index is 12.3. The van der Waals surface area contributed by atoms with Crippen molar-refractivity contribution in [1.29, 1.82) is 0 Å². The lowest BCUT2D eigenvalue weighted by Gasteiger charge is -2.23. The summed E-state index contributed by atoms with van der Waals surface area (Å²) < 4.78 is 5.16. The van der Waals surface area contributed by atoms with E-state index in [4.69, 9.17) is 4.74 Å². The highest BCUT2D eigenvalue weighted by molar-refractivity contribution is 5.85. The van der Waals surface area contributed by atoms with E-state index in [1.165, 1.54) is 0 Å². The molecule has 1 N–H and O–H groups in total. The van der Waals surface area contributed by atoms with Gasteiger partial charge in [-0.1, -0.05) is 25.5 Å². The highest BCUT2D eigenvalue weighted by Crippen LogP contribution is 2.20. The molecule has 5 nitrogen and oxygen atoms in total. The van der Waals surface area contributed by atoms with Crippen LogP contribution < -0.4 is 10.1 Å². The third-order valence-electron chi connectivity index (χ3n) is 4.27. The number of rotatable bonds is 6. The third kappa shape index (κ3) is 4.98. The van der Waals surface area contributed by atoms with Gasteiger partial charge in [0.05, 0.1) is 19.7 Å². The van der Waals surface area contributed by atoms with Crippen LogP contribution in [-0.4, -0.2) is 36.9 Å². The number of hydrogen-bond donors (Lipinski definition) is 1. The van der Waals surface area contributed by atoms with Gasteiger partial charge in [0.1, 0.15) is 5.75 Å². The van der Waals surface area contributed by atoms with Gasteiger partial charge in [-0.15, -0.1) is 0 Å². The largest absolute Gasteiger partial charge is 0.497 e. The van der Waals surface area contributed by atoms with Crippen molar-refractivity contribution < 1.29 is 14.3 Å². The van der Waals surface area contributed by atoms with E-state index >= 15 is 0 Å². The van der Waals surface area contributed by atoms with Gasteiger partial charge in [-0.05, 0) is 37.0 Å². The van der Waals surface area contributed by atoms with E-state index in [0.717, 1.165) is 37.0 Å². The Kier molecular flexibility index (Phi) is 6.44. The van der Waals surface area contributed by atoms with Gasteiger partial charge in [0, 0.05) is 13.0 Å². The smallest absolute Gasteiger partial charge is 0.240 e. The molecule has 23 heavy (non-hydrogen) atoms. The Bertz CT molecular complexity index is 528. The van der Waals surface area contributed by atoms with Crippen molar-refractivity contribution in [2.24, 2.45) is 0 Å². The number of benzene rings is 1. The maximum Gasteiger partial charge on any atom is 0.240 e. The minimum Gasteiger partial charge on any atom is -0.497 e. The molecule has 1 atom stereocenters. The molecule has 1 fully saturated rings. The molecule has 0 spiro atoms. The van der Waals surface area contributed by atoms with Gasteiger partial charge in [0.15, 0.2) is 0 Å². The first-order chi connectivity index (χ1) is 11.1. The lowest BCUT2D eigenvalue weighted by molar-refractivity contribution is -0.135. The molecule has 2 amide bonds. The molecule has 0 aliphatic carbocycles. The molecular formula is C18H26N2O3. The van der Waals surface area contributed by atoms with Crippen molar-refractivity contribution >= 4 is 11.8 Å². The Labute approximate surface area is 138 Å². The van der Waals surface area contributed by atoms with Gasteiger partial charge in [-0.3, -0.25) is 9.59 Å². The molecule has 1 unspecified atom stereocenters. The lowest BCUT2D eigenvalue weighted by atomic mass is 10.0. The summed E-state index contributed by atoms with van der Waals surface area (Å²) in [5.74, 6) is 0.795. The summed E-state index contributed by atoms with van der Waals surface area (Å²) in [5.41, 5.74) is 1.05. The zero-order chi connectivity index (χ0) is 16.7. The zero-order valence-electron chi connectivity index (χ0n) is 14.0. The van der Waals surface area contributed by atoms with Crippen LogP contribution in [0.4, 0.5) is 0 Å². The molecule has 1 heterocycles. The number of methoxy groups -OCH3 is 1. The van der Waals surface area contributed by atoms with Crippen molar-refractivity contribution in [3.8, 4) is 5.75 Å². The number of nitrogens with zero attached hydrogens (tertiary/aromatic N) is 1. The third-order valence-corrected chi connectivity index (χ3v) is 4.27. The molecule has 1 aromatic carbocycles. The predicted octanol–water partition coefficient (Wildman–Crippen LogP) is 2.67. The van der Waals surface area contributed by atoms with E-state index in [2.05, 4.69) is 5.32 Å². The Morgan fingerprint density at radius 3 is 2.65 bits per heavy atom. The number of hydrogen-bond acceptors (Lipinski definition) is 3. The Morgan fingerprint density at radius 2 is 2.00 bits per heavy atom. The summed E-state index contributed by atoms with van der Waals surface area (Å²) in [5, 5.41) is 3.04. The van der Waals surface area contributed by atoms with Crippen LogP contribution in [0.15, 0.2) is 24.3 Å². The number of ether oxygens (including phenoxy) is 1. The topological polar surface area (TPSA) is 58.6 Å². The second-order valence-corrected chi connectivity index (χ2v) is 5.93. The molecule has 0 aromatic heterocycles. The average molecular weight is 318 g/mol. The number of carbonyl (C=O) groups is 2. The standard InChI is InChI=1S/C18H26N2O3/c1-3-16(14-8-10-15(23-2)11-9-14)19-17(21)13-20-12-6-4-5-7-18(20)22/h8-11,16H,3-7,12-13H2,1-2H3,(H,19,21). The van der Waals surface area contributed by atoms with Crippen LogP contribution in [0.25, 0.3) is 0 Å². The van der Waals surface area contributed by atoms with Gasteiger partial charge < -0.3 is 15.0 Å². The van der Waals surface area contributed by atoms with E-state index in [1.54, 1.807) is 12.0 Å². The SMILES string of the molecule is CCC(NC(=O)CN1CCCCCC1=O)c1ccc(OC)cc1. The Morgan fingerprint density at radius 1 is 1.26 bits per heavy atom. The fourth-order valence-corrected chi connectivity index (χ4v) is 2.88. The van der Waals surface area contributed by atoms with E-state index in [9.17, 15) is 9.59 Å². The number of carbonyl (C=O) groups excluding carboxylic acids is 2. The molecule has 1 saturated heterocycles. The number of likely N-dealkylation sites (tertiary alicyclic amines) is 1. The van der Waals surface area contributed by atoms with Crippen molar-refractivity contribution in [3.05, 3.63) is 29.8 Å². The van der Waals surface area contributed by atoms with Gasteiger partial charge in [0.25, 0.3) is 0 Å². The van der Waals surface area contributed by atoms with E-state index < -0.39 is 0 Å². The highest BCUT2D eigenvalue weighted by atomic mass is 16.5. The summed E-state index contributed by atoms with van der Waals surface area (Å²) in [6, 6.07) is 7.66. The monoisotopic (exact) mass is 318 g/mol. The average Bonchev–Trinajstić information content (AvgIpc) is 2.77. The predicted molar refractivity (Wildman–Crippen MR) is 89.2 cm³/mol. The van der Waals surface area contributed by atoms with Crippen LogP contribution in [0.3, 0.4) is 0 Å². The molecule has 2 rings (SSSR count). The second-order valence-electron chi connectivity index (χ2n) is 5.93. The number of amides is 2. The van der Waals surface area contributed by atoms with Crippen LogP contribution in [0.1, 0.15) is 50.6 Å². The molecule has 0 saturated carbocycles. The van der Waals surface area contributed by atoms with E-state index in [1.807, 2.05) is 31.2 Å². The van der Waals surface area contributed by atoms with E-state index in [-0.39, 0.29) is 24.4 Å². The van der Waals surface area contributed by atoms with Crippen molar-refractivity contribution in [1.82, 2.24) is 10.2 Å². The highest BCUT2D eigenvalue weighted by Gasteiger charge is 2.20. The zero-order valence-corrected chi connectivity index (χ0v) is 14.0. The van der Waals surface area contributed by atoms with Gasteiger partial charge in [-0.2, -0.15) is 0 Å². The molecule has 1 aromatic rings. The van der Waals surface area contributed by atoms with Crippen LogP contribution in [0.5, 0.6) is 5.75 Å². The van der Waals surface area contributed by atoms with Gasteiger partial charge in [-0.25, -0.2) is 0 Å². The first-order valence-electron chi connectivity index (χ1n) is 8.35. The molecular weight excluding hydrogens is 292 g/mol. The molecule has 1 aliphatic rings. The summed E-state index contributed by atoms with van der Waals surface area (Å²) in [6.07, 6.45) is 4.33. The normalized spacial score (nSPS) is 16.6. The first kappa shape index (κ1) is 17.3. The fraction of sp³-hybridized carbons (Fsp3) is 0.556. The van der Waals surface area contributed by atoms with Crippen LogP contribution in [-0.2, 0) is 9.59 Å². The molecule has 0 radical (unpaired) electrons. The minimum atomic E-state index is -0.0945. The summed E-state index contributed by atoms with van der Waals surface area (Å²) in [6.45, 7) is 2.88. The van der Waals surface area contributed by atoms with E-state index in [0.29, 0.717) is 13.0 Å². The maximum atomic E-state index is 12.3. The van der Waals surface area contributed by atoms with Crippen LogP contribution in [0, 0.1) is 0 Å². The summed E-state index contributed by atoms with van der Waals surface area (Å²) >= 11 is 0. The Balaban J connectivity index is 1.94. The van der Waals surface area contributed by atoms with Crippen molar-refractivity contribution in [2.45, 2.75) is 45.1 Å². The molecule has 0 bridgehead atoms. The minimum absolute atomic E-state index is 0.0458.